The third kappa shape index (κ3) is 3.04. The lowest BCUT2D eigenvalue weighted by molar-refractivity contribution is 0.118. The van der Waals surface area contributed by atoms with Crippen LogP contribution in [0.15, 0.2) is 5.16 Å². The number of nitrogens with zero attached hydrogens (tertiary/aromatic N) is 3. The highest BCUT2D eigenvalue weighted by Gasteiger charge is 2.17. The summed E-state index contributed by atoms with van der Waals surface area (Å²) in [7, 11) is 1.70. The molecule has 0 aromatic rings. The van der Waals surface area contributed by atoms with Crippen molar-refractivity contribution in [3.8, 4) is 0 Å². The monoisotopic (exact) mass is 202 g/mol. The van der Waals surface area contributed by atoms with Crippen molar-refractivity contribution in [2.24, 2.45) is 10.9 Å². The molecular weight excluding hydrogens is 184 g/mol. The lowest BCUT2D eigenvalue weighted by atomic mass is 10.3. The van der Waals surface area contributed by atoms with Gasteiger partial charge in [0.15, 0.2) is 0 Å². The van der Waals surface area contributed by atoms with Crippen LogP contribution in [0.1, 0.15) is 0 Å². The number of hydrogen-bond acceptors (Lipinski definition) is 4. The lowest BCUT2D eigenvalue weighted by Crippen LogP contribution is -2.51. The maximum Gasteiger partial charge on any atom is 0.233 e. The number of oxime groups is 1. The molecule has 1 saturated heterocycles. The molecule has 0 saturated carbocycles. The van der Waals surface area contributed by atoms with Crippen LogP contribution < -0.4 is 5.73 Å². The van der Waals surface area contributed by atoms with Gasteiger partial charge in [-0.3, -0.25) is 4.90 Å². The summed E-state index contributed by atoms with van der Waals surface area (Å²) in [5, 5.41) is 11.5. The van der Waals surface area contributed by atoms with E-state index in [1.54, 1.807) is 7.11 Å². The highest BCUT2D eigenvalue weighted by atomic mass is 16.5. The fourth-order valence-electron chi connectivity index (χ4n) is 1.48. The number of rotatable bonds is 3. The van der Waals surface area contributed by atoms with Crippen LogP contribution in [0.3, 0.4) is 0 Å². The van der Waals surface area contributed by atoms with Crippen molar-refractivity contribution in [2.45, 2.75) is 0 Å². The van der Waals surface area contributed by atoms with Gasteiger partial charge < -0.3 is 20.6 Å². The summed E-state index contributed by atoms with van der Waals surface area (Å²) in [6.45, 7) is 5.17. The van der Waals surface area contributed by atoms with Gasteiger partial charge in [0.25, 0.3) is 0 Å². The largest absolute Gasteiger partial charge is 0.408 e. The zero-order valence-corrected chi connectivity index (χ0v) is 8.52. The second kappa shape index (κ2) is 5.66. The standard InChI is InChI=1S/C8H18N4O2/c1-14-7-6-11-2-4-12(5-3-11)8(9)10-13/h13H,2-7H2,1H3,(H2,9,10). The third-order valence-corrected chi connectivity index (χ3v) is 2.41. The first-order valence-corrected chi connectivity index (χ1v) is 4.71. The molecule has 0 radical (unpaired) electrons. The first-order valence-electron chi connectivity index (χ1n) is 4.71. The second-order valence-corrected chi connectivity index (χ2v) is 3.28. The van der Waals surface area contributed by atoms with Gasteiger partial charge in [0.05, 0.1) is 6.61 Å². The van der Waals surface area contributed by atoms with Crippen LogP contribution >= 0.6 is 0 Å². The SMILES string of the molecule is COCCN1CCN(/C(N)=N/O)CC1. The molecular formula is C8H18N4O2. The molecule has 0 unspecified atom stereocenters. The highest BCUT2D eigenvalue weighted by Crippen LogP contribution is 2.00. The Labute approximate surface area is 83.9 Å². The summed E-state index contributed by atoms with van der Waals surface area (Å²) in [5.41, 5.74) is 5.48. The summed E-state index contributed by atoms with van der Waals surface area (Å²) in [6.07, 6.45) is 0. The molecule has 0 spiro atoms. The number of piperazine rings is 1. The summed E-state index contributed by atoms with van der Waals surface area (Å²) in [6, 6.07) is 0. The van der Waals surface area contributed by atoms with E-state index in [0.29, 0.717) is 0 Å². The predicted octanol–water partition coefficient (Wildman–Crippen LogP) is -1.05. The van der Waals surface area contributed by atoms with Crippen molar-refractivity contribution in [3.63, 3.8) is 0 Å². The molecule has 6 heteroatoms. The molecule has 0 aromatic carbocycles. The van der Waals surface area contributed by atoms with Gasteiger partial charge in [0, 0.05) is 39.8 Å². The van der Waals surface area contributed by atoms with E-state index in [-0.39, 0.29) is 5.96 Å². The molecule has 3 N–H and O–H groups in total. The Morgan fingerprint density at radius 1 is 1.43 bits per heavy atom. The van der Waals surface area contributed by atoms with Crippen molar-refractivity contribution < 1.29 is 9.94 Å². The summed E-state index contributed by atoms with van der Waals surface area (Å²) in [4.78, 5) is 4.16. The Kier molecular flexibility index (Phi) is 4.48. The molecule has 0 aromatic heterocycles. The number of methoxy groups -OCH3 is 1. The molecule has 0 aliphatic carbocycles. The van der Waals surface area contributed by atoms with Crippen molar-refractivity contribution in [2.75, 3.05) is 46.4 Å². The highest BCUT2D eigenvalue weighted by molar-refractivity contribution is 5.77. The minimum absolute atomic E-state index is 0.205. The average Bonchev–Trinajstić information content (AvgIpc) is 2.26. The fourth-order valence-corrected chi connectivity index (χ4v) is 1.48. The molecule has 6 nitrogen and oxygen atoms in total. The van der Waals surface area contributed by atoms with Gasteiger partial charge in [0.2, 0.25) is 5.96 Å². The minimum Gasteiger partial charge on any atom is -0.408 e. The van der Waals surface area contributed by atoms with Crippen molar-refractivity contribution >= 4 is 5.96 Å². The molecule has 1 rings (SSSR count). The van der Waals surface area contributed by atoms with E-state index in [9.17, 15) is 0 Å². The smallest absolute Gasteiger partial charge is 0.233 e. The number of hydrogen-bond donors (Lipinski definition) is 2. The van der Waals surface area contributed by atoms with E-state index in [1.165, 1.54) is 0 Å². The summed E-state index contributed by atoms with van der Waals surface area (Å²) < 4.78 is 5.00. The van der Waals surface area contributed by atoms with Gasteiger partial charge in [0.1, 0.15) is 0 Å². The lowest BCUT2D eigenvalue weighted by Gasteiger charge is -2.34. The topological polar surface area (TPSA) is 74.3 Å². The minimum atomic E-state index is 0.205. The fraction of sp³-hybridized carbons (Fsp3) is 0.875. The Balaban J connectivity index is 2.24. The van der Waals surface area contributed by atoms with Gasteiger partial charge in [-0.2, -0.15) is 0 Å². The summed E-state index contributed by atoms with van der Waals surface area (Å²) >= 11 is 0. The van der Waals surface area contributed by atoms with Crippen LogP contribution in [0.4, 0.5) is 0 Å². The molecule has 1 fully saturated rings. The quantitative estimate of drug-likeness (QED) is 0.264. The van der Waals surface area contributed by atoms with Gasteiger partial charge >= 0.3 is 0 Å². The Morgan fingerprint density at radius 3 is 2.57 bits per heavy atom. The number of ether oxygens (including phenoxy) is 1. The second-order valence-electron chi connectivity index (χ2n) is 3.28. The zero-order valence-electron chi connectivity index (χ0n) is 8.52. The number of nitrogens with two attached hydrogens (primary N) is 1. The molecule has 0 atom stereocenters. The van der Waals surface area contributed by atoms with Crippen LogP contribution in [0.5, 0.6) is 0 Å². The Hall–Kier alpha value is -1.01. The van der Waals surface area contributed by atoms with E-state index in [4.69, 9.17) is 15.7 Å². The van der Waals surface area contributed by atoms with Crippen LogP contribution in [0.2, 0.25) is 0 Å². The first-order chi connectivity index (χ1) is 6.77. The van der Waals surface area contributed by atoms with Crippen molar-refractivity contribution in [1.82, 2.24) is 9.80 Å². The Morgan fingerprint density at radius 2 is 2.07 bits per heavy atom. The van der Waals surface area contributed by atoms with Crippen LogP contribution in [0, 0.1) is 0 Å². The van der Waals surface area contributed by atoms with Gasteiger partial charge in [-0.25, -0.2) is 0 Å². The van der Waals surface area contributed by atoms with Crippen molar-refractivity contribution in [1.29, 1.82) is 0 Å². The van der Waals surface area contributed by atoms with Crippen LogP contribution in [-0.4, -0.2) is 67.4 Å². The predicted molar refractivity (Wildman–Crippen MR) is 53.3 cm³/mol. The summed E-state index contributed by atoms with van der Waals surface area (Å²) in [5.74, 6) is 0.205. The van der Waals surface area contributed by atoms with E-state index in [0.717, 1.165) is 39.3 Å². The molecule has 1 aliphatic heterocycles. The van der Waals surface area contributed by atoms with Gasteiger partial charge in [-0.1, -0.05) is 5.16 Å². The molecule has 14 heavy (non-hydrogen) atoms. The Bertz CT molecular complexity index is 190. The van der Waals surface area contributed by atoms with Crippen LogP contribution in [-0.2, 0) is 4.74 Å². The molecule has 0 bridgehead atoms. The van der Waals surface area contributed by atoms with E-state index in [1.807, 2.05) is 4.90 Å². The van der Waals surface area contributed by atoms with E-state index < -0.39 is 0 Å². The number of guanidine groups is 1. The zero-order chi connectivity index (χ0) is 10.4. The normalized spacial score (nSPS) is 20.1. The van der Waals surface area contributed by atoms with Crippen molar-refractivity contribution in [3.05, 3.63) is 0 Å². The molecule has 1 aliphatic rings. The van der Waals surface area contributed by atoms with E-state index in [2.05, 4.69) is 10.1 Å². The van der Waals surface area contributed by atoms with Crippen LogP contribution in [0.25, 0.3) is 0 Å². The maximum absolute atomic E-state index is 8.48. The van der Waals surface area contributed by atoms with Gasteiger partial charge in [-0.15, -0.1) is 0 Å². The molecule has 0 amide bonds. The first kappa shape index (κ1) is 11.1. The molecule has 1 heterocycles. The maximum atomic E-state index is 8.48. The average molecular weight is 202 g/mol. The van der Waals surface area contributed by atoms with Gasteiger partial charge in [-0.05, 0) is 0 Å². The van der Waals surface area contributed by atoms with E-state index >= 15 is 0 Å². The third-order valence-electron chi connectivity index (χ3n) is 2.41. The molecule has 82 valence electrons.